The summed E-state index contributed by atoms with van der Waals surface area (Å²) in [5.74, 6) is 1.41. The molecule has 1 aromatic heterocycles. The Morgan fingerprint density at radius 2 is 2.06 bits per heavy atom. The van der Waals surface area contributed by atoms with Crippen LogP contribution in [0, 0.1) is 5.92 Å². The molecule has 0 bridgehead atoms. The van der Waals surface area contributed by atoms with E-state index in [0.29, 0.717) is 12.0 Å². The van der Waals surface area contributed by atoms with E-state index in [1.54, 1.807) is 13.3 Å². The van der Waals surface area contributed by atoms with Gasteiger partial charge in [-0.05, 0) is 32.6 Å². The van der Waals surface area contributed by atoms with E-state index in [-0.39, 0.29) is 6.04 Å². The van der Waals surface area contributed by atoms with E-state index in [4.69, 9.17) is 10.5 Å². The number of hydrogen-bond donors (Lipinski definition) is 1. The summed E-state index contributed by atoms with van der Waals surface area (Å²) < 4.78 is 7.40. The molecular weight excluding hydrogens is 214 g/mol. The topological polar surface area (TPSA) is 53.1 Å². The summed E-state index contributed by atoms with van der Waals surface area (Å²) in [6.07, 6.45) is 6.85. The molecule has 0 saturated heterocycles. The van der Waals surface area contributed by atoms with E-state index < -0.39 is 0 Å². The van der Waals surface area contributed by atoms with Gasteiger partial charge in [0.15, 0.2) is 5.75 Å². The molecule has 0 radical (unpaired) electrons. The smallest absolute Gasteiger partial charge is 0.161 e. The molecular formula is C13H23N3O. The highest BCUT2D eigenvalue weighted by molar-refractivity contribution is 5.29. The van der Waals surface area contributed by atoms with Crippen molar-refractivity contribution in [2.24, 2.45) is 11.7 Å². The monoisotopic (exact) mass is 237 g/mol. The van der Waals surface area contributed by atoms with Crippen molar-refractivity contribution in [2.45, 2.75) is 51.6 Å². The number of nitrogens with two attached hydrogens (primary N) is 1. The molecule has 1 atom stereocenters. The van der Waals surface area contributed by atoms with Gasteiger partial charge in [-0.15, -0.1) is 0 Å². The Hall–Kier alpha value is -1.03. The fourth-order valence-electron chi connectivity index (χ4n) is 2.78. The second-order valence-corrected chi connectivity index (χ2v) is 5.21. The molecule has 0 aliphatic heterocycles. The van der Waals surface area contributed by atoms with E-state index in [2.05, 4.69) is 18.9 Å². The van der Waals surface area contributed by atoms with Crippen LogP contribution in [0.2, 0.25) is 0 Å². The highest BCUT2D eigenvalue weighted by atomic mass is 16.5. The zero-order chi connectivity index (χ0) is 12.4. The van der Waals surface area contributed by atoms with E-state index in [0.717, 1.165) is 11.4 Å². The fraction of sp³-hybridized carbons (Fsp3) is 0.769. The van der Waals surface area contributed by atoms with Crippen molar-refractivity contribution in [3.05, 3.63) is 11.9 Å². The summed E-state index contributed by atoms with van der Waals surface area (Å²) >= 11 is 0. The van der Waals surface area contributed by atoms with Crippen LogP contribution < -0.4 is 10.5 Å². The molecule has 17 heavy (non-hydrogen) atoms. The lowest BCUT2D eigenvalue weighted by Gasteiger charge is -2.22. The number of rotatable bonds is 4. The van der Waals surface area contributed by atoms with Crippen LogP contribution in [-0.2, 0) is 0 Å². The van der Waals surface area contributed by atoms with Crippen LogP contribution >= 0.6 is 0 Å². The molecule has 1 aliphatic rings. The summed E-state index contributed by atoms with van der Waals surface area (Å²) in [6.45, 7) is 4.24. The molecule has 0 spiro atoms. The molecule has 1 aliphatic carbocycles. The molecule has 1 heterocycles. The Labute approximate surface area is 103 Å². The predicted molar refractivity (Wildman–Crippen MR) is 68.1 cm³/mol. The van der Waals surface area contributed by atoms with Crippen molar-refractivity contribution in [2.75, 3.05) is 7.11 Å². The van der Waals surface area contributed by atoms with Gasteiger partial charge in [0.25, 0.3) is 0 Å². The quantitative estimate of drug-likeness (QED) is 0.876. The van der Waals surface area contributed by atoms with Crippen LogP contribution in [0.3, 0.4) is 0 Å². The van der Waals surface area contributed by atoms with E-state index >= 15 is 0 Å². The molecule has 1 unspecified atom stereocenters. The summed E-state index contributed by atoms with van der Waals surface area (Å²) in [7, 11) is 1.69. The van der Waals surface area contributed by atoms with Crippen molar-refractivity contribution < 1.29 is 4.74 Å². The maximum Gasteiger partial charge on any atom is 0.161 e. The highest BCUT2D eigenvalue weighted by Crippen LogP contribution is 2.38. The van der Waals surface area contributed by atoms with Crippen LogP contribution in [-0.4, -0.2) is 16.9 Å². The molecule has 1 aromatic rings. The van der Waals surface area contributed by atoms with Gasteiger partial charge in [-0.3, -0.25) is 4.68 Å². The van der Waals surface area contributed by atoms with Gasteiger partial charge < -0.3 is 10.5 Å². The van der Waals surface area contributed by atoms with Crippen molar-refractivity contribution in [1.82, 2.24) is 9.78 Å². The fourth-order valence-corrected chi connectivity index (χ4v) is 2.78. The zero-order valence-electron chi connectivity index (χ0n) is 11.0. The van der Waals surface area contributed by atoms with Gasteiger partial charge >= 0.3 is 0 Å². The number of ether oxygens (including phenoxy) is 1. The number of nitrogens with zero attached hydrogens (tertiary/aromatic N) is 2. The Balaban J connectivity index is 2.30. The minimum Gasteiger partial charge on any atom is -0.493 e. The summed E-state index contributed by atoms with van der Waals surface area (Å²) in [5, 5.41) is 4.39. The summed E-state index contributed by atoms with van der Waals surface area (Å²) in [6, 6.07) is 0.374. The third kappa shape index (κ3) is 2.32. The van der Waals surface area contributed by atoms with Crippen LogP contribution in [0.1, 0.15) is 57.3 Å². The maximum atomic E-state index is 6.42. The Morgan fingerprint density at radius 1 is 1.41 bits per heavy atom. The second-order valence-electron chi connectivity index (χ2n) is 5.21. The molecule has 2 rings (SSSR count). The summed E-state index contributed by atoms with van der Waals surface area (Å²) in [4.78, 5) is 0. The van der Waals surface area contributed by atoms with Crippen LogP contribution in [0.25, 0.3) is 0 Å². The molecule has 4 heteroatoms. The van der Waals surface area contributed by atoms with Gasteiger partial charge in [0, 0.05) is 6.04 Å². The van der Waals surface area contributed by atoms with Crippen molar-refractivity contribution >= 4 is 0 Å². The van der Waals surface area contributed by atoms with E-state index in [9.17, 15) is 0 Å². The van der Waals surface area contributed by atoms with Crippen molar-refractivity contribution in [3.63, 3.8) is 0 Å². The molecule has 1 fully saturated rings. The summed E-state index contributed by atoms with van der Waals surface area (Å²) in [5.41, 5.74) is 7.48. The molecule has 0 amide bonds. The number of aromatic nitrogens is 2. The zero-order valence-corrected chi connectivity index (χ0v) is 11.0. The predicted octanol–water partition coefficient (Wildman–Crippen LogP) is 2.66. The third-order valence-electron chi connectivity index (χ3n) is 3.73. The Bertz CT molecular complexity index is 367. The van der Waals surface area contributed by atoms with Crippen LogP contribution in [0.15, 0.2) is 6.20 Å². The van der Waals surface area contributed by atoms with E-state index in [1.807, 2.05) is 4.68 Å². The SMILES string of the molecule is COc1cnn(C(C)C)c1C(N)C1CCCC1. The molecule has 0 aromatic carbocycles. The van der Waals surface area contributed by atoms with Gasteiger partial charge in [-0.1, -0.05) is 12.8 Å². The van der Waals surface area contributed by atoms with Crippen molar-refractivity contribution in [1.29, 1.82) is 0 Å². The third-order valence-corrected chi connectivity index (χ3v) is 3.73. The number of hydrogen-bond acceptors (Lipinski definition) is 3. The lowest BCUT2D eigenvalue weighted by atomic mass is 9.95. The first-order valence-corrected chi connectivity index (χ1v) is 6.52. The standard InChI is InChI=1S/C13H23N3O/c1-9(2)16-13(11(17-3)8-15-16)12(14)10-6-4-5-7-10/h8-10,12H,4-7,14H2,1-3H3. The molecule has 1 saturated carbocycles. The Kier molecular flexibility index (Phi) is 3.72. The first-order valence-electron chi connectivity index (χ1n) is 6.52. The molecule has 96 valence electrons. The van der Waals surface area contributed by atoms with Crippen LogP contribution in [0.4, 0.5) is 0 Å². The van der Waals surface area contributed by atoms with Gasteiger partial charge in [-0.2, -0.15) is 5.10 Å². The minimum atomic E-state index is 0.0531. The largest absolute Gasteiger partial charge is 0.493 e. The molecule has 2 N–H and O–H groups in total. The van der Waals surface area contributed by atoms with Crippen molar-refractivity contribution in [3.8, 4) is 5.75 Å². The first-order chi connectivity index (χ1) is 8.15. The maximum absolute atomic E-state index is 6.42. The highest BCUT2D eigenvalue weighted by Gasteiger charge is 2.29. The minimum absolute atomic E-state index is 0.0531. The van der Waals surface area contributed by atoms with Gasteiger partial charge in [-0.25, -0.2) is 0 Å². The van der Waals surface area contributed by atoms with Gasteiger partial charge in [0.05, 0.1) is 25.0 Å². The van der Waals surface area contributed by atoms with E-state index in [1.165, 1.54) is 25.7 Å². The average molecular weight is 237 g/mol. The normalized spacial score (nSPS) is 18.9. The molecule has 4 nitrogen and oxygen atoms in total. The van der Waals surface area contributed by atoms with Crippen LogP contribution in [0.5, 0.6) is 5.75 Å². The Morgan fingerprint density at radius 3 is 2.59 bits per heavy atom. The average Bonchev–Trinajstić information content (AvgIpc) is 2.96. The second kappa shape index (κ2) is 5.08. The first kappa shape index (κ1) is 12.4. The lowest BCUT2D eigenvalue weighted by Crippen LogP contribution is -2.24. The number of methoxy groups -OCH3 is 1. The lowest BCUT2D eigenvalue weighted by molar-refractivity contribution is 0.363. The van der Waals surface area contributed by atoms with Gasteiger partial charge in [0.2, 0.25) is 0 Å². The van der Waals surface area contributed by atoms with Gasteiger partial charge in [0.1, 0.15) is 0 Å².